The molecule has 4 saturated heterocycles. The molecule has 10 atom stereocenters. The number of hydrogen-bond donors (Lipinski definition) is 4. The molecule has 4 heterocycles. The predicted octanol–water partition coefficient (Wildman–Crippen LogP) is 3.98. The van der Waals surface area contributed by atoms with Crippen molar-refractivity contribution in [3.05, 3.63) is 0 Å². The van der Waals surface area contributed by atoms with E-state index in [4.69, 9.17) is 23.1 Å². The smallest absolute Gasteiger partial charge is 0.393 e. The van der Waals surface area contributed by atoms with Gasteiger partial charge in [0.2, 0.25) is 0 Å². The van der Waals surface area contributed by atoms with Gasteiger partial charge in [-0.2, -0.15) is 8.42 Å². The van der Waals surface area contributed by atoms with Gasteiger partial charge in [-0.1, -0.05) is 15.9 Å². The maximum atomic E-state index is 11.8. The number of hydrogen-bond acceptors (Lipinski definition) is 10. The number of ether oxygens (including phenoxy) is 4. The topological polar surface area (TPSA) is 161 Å². The quantitative estimate of drug-likeness (QED) is 0.193. The predicted molar refractivity (Wildman–Crippen MR) is 162 cm³/mol. The van der Waals surface area contributed by atoms with Crippen LogP contribution in [0.4, 0.5) is 0 Å². The molecule has 0 aliphatic carbocycles. The molecule has 11 nitrogen and oxygen atoms in total. The van der Waals surface area contributed by atoms with Gasteiger partial charge in [-0.05, 0) is 113 Å². The number of alkyl halides is 1. The zero-order valence-electron chi connectivity index (χ0n) is 26.7. The maximum Gasteiger partial charge on any atom is 0.397 e. The second kappa shape index (κ2) is 12.3. The summed E-state index contributed by atoms with van der Waals surface area (Å²) < 4.78 is 64.1. The lowest BCUT2D eigenvalue weighted by molar-refractivity contribution is -0.305. The van der Waals surface area contributed by atoms with Crippen molar-refractivity contribution in [2.75, 3.05) is 6.61 Å². The standard InChI is InChI=1S/C30H53BrO11S/c1-25(2,33)20-11-15-28(6,39-20)23(41-43(35,36)37)13-17-30(34,18-32)24-9-8-21-27(5,40-24)16-12-22(38-21)29(7)14-10-19(31)26(3,4)42-29/h19-24,32-34H,8-18H2,1-7H3,(H,35,36,37)/t19-,20-,21-,22-,23+,24-,27+,28-,29+,30?/m1/s1. The first-order valence-electron chi connectivity index (χ1n) is 15.6. The van der Waals surface area contributed by atoms with Crippen LogP contribution in [-0.2, 0) is 33.5 Å². The van der Waals surface area contributed by atoms with Crippen molar-refractivity contribution in [3.8, 4) is 0 Å². The van der Waals surface area contributed by atoms with Crippen molar-refractivity contribution in [2.24, 2.45) is 0 Å². The summed E-state index contributed by atoms with van der Waals surface area (Å²) in [6.45, 7) is 12.6. The average molecular weight is 702 g/mol. The van der Waals surface area contributed by atoms with Crippen LogP contribution in [-0.4, -0.2) is 104 Å². The summed E-state index contributed by atoms with van der Waals surface area (Å²) in [5.41, 5.74) is -5.47. The zero-order valence-corrected chi connectivity index (χ0v) is 29.1. The number of fused-ring (bicyclic) bond motifs is 1. The molecule has 0 saturated carbocycles. The highest BCUT2D eigenvalue weighted by Crippen LogP contribution is 2.49. The first-order chi connectivity index (χ1) is 19.5. The Morgan fingerprint density at radius 3 is 2.09 bits per heavy atom. The third kappa shape index (κ3) is 7.80. The summed E-state index contributed by atoms with van der Waals surface area (Å²) in [4.78, 5) is 0.269. The lowest BCUT2D eigenvalue weighted by Gasteiger charge is -2.56. The summed E-state index contributed by atoms with van der Waals surface area (Å²) in [5, 5.41) is 32.5. The molecule has 13 heteroatoms. The molecular formula is C30H53BrO11S. The van der Waals surface area contributed by atoms with E-state index < -0.39 is 63.3 Å². The van der Waals surface area contributed by atoms with Crippen molar-refractivity contribution in [1.29, 1.82) is 0 Å². The van der Waals surface area contributed by atoms with Crippen molar-refractivity contribution < 1.29 is 51.4 Å². The van der Waals surface area contributed by atoms with E-state index in [1.807, 2.05) is 6.92 Å². The van der Waals surface area contributed by atoms with Gasteiger partial charge in [-0.15, -0.1) is 0 Å². The minimum atomic E-state index is -4.85. The molecular weight excluding hydrogens is 648 g/mol. The fourth-order valence-corrected chi connectivity index (χ4v) is 8.55. The number of aliphatic hydroxyl groups is 3. The van der Waals surface area contributed by atoms with Crippen molar-refractivity contribution in [3.63, 3.8) is 0 Å². The molecule has 4 rings (SSSR count). The van der Waals surface area contributed by atoms with Gasteiger partial charge in [0, 0.05) is 4.83 Å². The fraction of sp³-hybridized carbons (Fsp3) is 1.00. The van der Waals surface area contributed by atoms with E-state index in [0.717, 1.165) is 19.3 Å². The van der Waals surface area contributed by atoms with Crippen LogP contribution in [0.2, 0.25) is 0 Å². The largest absolute Gasteiger partial charge is 0.397 e. The highest BCUT2D eigenvalue weighted by Gasteiger charge is 2.56. The van der Waals surface area contributed by atoms with Crippen molar-refractivity contribution in [2.45, 2.75) is 182 Å². The second-order valence-corrected chi connectivity index (χ2v) is 17.3. The van der Waals surface area contributed by atoms with Crippen LogP contribution in [0.15, 0.2) is 0 Å². The molecule has 252 valence electrons. The summed E-state index contributed by atoms with van der Waals surface area (Å²) in [6, 6.07) is 0. The molecule has 0 spiro atoms. The minimum Gasteiger partial charge on any atom is -0.393 e. The minimum absolute atomic E-state index is 0.0510. The molecule has 0 aromatic rings. The molecule has 4 aliphatic rings. The van der Waals surface area contributed by atoms with Crippen LogP contribution in [0.5, 0.6) is 0 Å². The Kier molecular flexibility index (Phi) is 10.2. The summed E-state index contributed by atoms with van der Waals surface area (Å²) in [6.07, 6.45) is 2.24. The van der Waals surface area contributed by atoms with Crippen LogP contribution in [0.25, 0.3) is 0 Å². The second-order valence-electron chi connectivity index (χ2n) is 15.1. The highest BCUT2D eigenvalue weighted by atomic mass is 79.9. The van der Waals surface area contributed by atoms with Gasteiger partial charge in [0.15, 0.2) is 0 Å². The monoisotopic (exact) mass is 700 g/mol. The summed E-state index contributed by atoms with van der Waals surface area (Å²) >= 11 is 3.75. The molecule has 0 radical (unpaired) electrons. The molecule has 43 heavy (non-hydrogen) atoms. The van der Waals surface area contributed by atoms with E-state index in [0.29, 0.717) is 32.1 Å². The molecule has 1 unspecified atom stereocenters. The molecule has 0 amide bonds. The molecule has 4 fully saturated rings. The summed E-state index contributed by atoms with van der Waals surface area (Å²) in [7, 11) is -4.85. The Morgan fingerprint density at radius 1 is 0.907 bits per heavy atom. The Morgan fingerprint density at radius 2 is 1.53 bits per heavy atom. The van der Waals surface area contributed by atoms with E-state index in [9.17, 15) is 28.3 Å². The Labute approximate surface area is 265 Å². The fourth-order valence-electron chi connectivity index (χ4n) is 7.63. The zero-order chi connectivity index (χ0) is 32.3. The van der Waals surface area contributed by atoms with Crippen molar-refractivity contribution in [1.82, 2.24) is 0 Å². The van der Waals surface area contributed by atoms with E-state index in [1.54, 1.807) is 20.8 Å². The van der Waals surface area contributed by atoms with Gasteiger partial charge in [0.05, 0.1) is 59.0 Å². The van der Waals surface area contributed by atoms with Gasteiger partial charge in [-0.25, -0.2) is 4.18 Å². The lowest BCUT2D eigenvalue weighted by Crippen LogP contribution is -2.64. The SMILES string of the molecule is CC(C)(O)[C@H]1CC[C@](C)([C@H](CCC(O)(CO)[C@H]2CC[C@H]3O[C@@H]([C@]4(C)CC[C@@H](Br)C(C)(C)O4)CC[C@]3(C)O2)OS(=O)(=O)O)O1. The van der Waals surface area contributed by atoms with Crippen LogP contribution in [0.3, 0.4) is 0 Å². The Hall–Kier alpha value is 0.0700. The summed E-state index contributed by atoms with van der Waals surface area (Å²) in [5.74, 6) is 0. The number of halogens is 1. The van der Waals surface area contributed by atoms with E-state index >= 15 is 0 Å². The van der Waals surface area contributed by atoms with Gasteiger partial charge in [0.1, 0.15) is 11.7 Å². The maximum absolute atomic E-state index is 11.8. The van der Waals surface area contributed by atoms with Crippen LogP contribution in [0, 0.1) is 0 Å². The molecule has 4 N–H and O–H groups in total. The number of rotatable bonds is 10. The van der Waals surface area contributed by atoms with Crippen LogP contribution in [0.1, 0.15) is 113 Å². The van der Waals surface area contributed by atoms with Crippen molar-refractivity contribution >= 4 is 26.3 Å². The van der Waals surface area contributed by atoms with Gasteiger partial charge < -0.3 is 34.3 Å². The van der Waals surface area contributed by atoms with E-state index in [1.165, 1.54) is 0 Å². The molecule has 0 aromatic heterocycles. The Bertz CT molecular complexity index is 1100. The molecule has 0 bridgehead atoms. The van der Waals surface area contributed by atoms with Gasteiger partial charge >= 0.3 is 10.4 Å². The van der Waals surface area contributed by atoms with E-state index in [-0.39, 0.29) is 35.5 Å². The van der Waals surface area contributed by atoms with E-state index in [2.05, 4.69) is 36.7 Å². The Balaban J connectivity index is 1.43. The average Bonchev–Trinajstić information content (AvgIpc) is 3.30. The third-order valence-electron chi connectivity index (χ3n) is 10.6. The molecule has 0 aromatic carbocycles. The first-order valence-corrected chi connectivity index (χ1v) is 17.9. The van der Waals surface area contributed by atoms with Gasteiger partial charge in [0.25, 0.3) is 0 Å². The normalized spacial score (nSPS) is 42.7. The van der Waals surface area contributed by atoms with Crippen LogP contribution >= 0.6 is 15.9 Å². The number of aliphatic hydroxyl groups excluding tert-OH is 1. The molecule has 4 aliphatic heterocycles. The lowest BCUT2D eigenvalue weighted by atomic mass is 9.75. The van der Waals surface area contributed by atoms with Gasteiger partial charge in [-0.3, -0.25) is 4.55 Å². The highest BCUT2D eigenvalue weighted by molar-refractivity contribution is 9.09. The third-order valence-corrected chi connectivity index (χ3v) is 12.6. The first kappa shape index (κ1) is 35.9. The van der Waals surface area contributed by atoms with Crippen LogP contribution < -0.4 is 0 Å².